The van der Waals surface area contributed by atoms with Crippen molar-refractivity contribution in [1.29, 1.82) is 0 Å². The lowest BCUT2D eigenvalue weighted by atomic mass is 9.63. The largest absolute Gasteiger partial charge is 0.351 e. The first-order chi connectivity index (χ1) is 19.9. The predicted molar refractivity (Wildman–Crippen MR) is 163 cm³/mol. The maximum absolute atomic E-state index is 14.0. The lowest BCUT2D eigenvalue weighted by Crippen LogP contribution is -2.64. The topological polar surface area (TPSA) is 103 Å². The van der Waals surface area contributed by atoms with Gasteiger partial charge in [0.15, 0.2) is 0 Å². The third-order valence-electron chi connectivity index (χ3n) is 9.51. The number of nitrogens with one attached hydrogen (secondary N) is 4. The first-order valence-corrected chi connectivity index (χ1v) is 16.0. The molecular formula is C33H52FN5O3. The van der Waals surface area contributed by atoms with Crippen molar-refractivity contribution in [1.82, 2.24) is 26.2 Å². The molecule has 2 heterocycles. The van der Waals surface area contributed by atoms with Crippen LogP contribution >= 0.6 is 0 Å². The van der Waals surface area contributed by atoms with Gasteiger partial charge in [0.1, 0.15) is 11.9 Å². The van der Waals surface area contributed by atoms with Gasteiger partial charge in [-0.3, -0.25) is 14.4 Å². The Bertz CT molecular complexity index is 1070. The van der Waals surface area contributed by atoms with E-state index in [1.807, 2.05) is 25.7 Å². The van der Waals surface area contributed by atoms with E-state index in [0.717, 1.165) is 37.8 Å². The minimum atomic E-state index is -0.783. The van der Waals surface area contributed by atoms with Crippen molar-refractivity contribution in [2.75, 3.05) is 26.2 Å². The fraction of sp³-hybridized carbons (Fsp3) is 0.727. The summed E-state index contributed by atoms with van der Waals surface area (Å²) in [5, 5.41) is 13.1. The summed E-state index contributed by atoms with van der Waals surface area (Å²) < 4.78 is 13.6. The molecule has 3 atom stereocenters. The second kappa shape index (κ2) is 13.8. The van der Waals surface area contributed by atoms with Crippen LogP contribution in [0, 0.1) is 23.1 Å². The second-order valence-corrected chi connectivity index (χ2v) is 14.1. The molecule has 4 N–H and O–H groups in total. The minimum Gasteiger partial charge on any atom is -0.351 e. The summed E-state index contributed by atoms with van der Waals surface area (Å²) in [6.07, 6.45) is 7.11. The van der Waals surface area contributed by atoms with Gasteiger partial charge in [0.05, 0.1) is 11.5 Å². The van der Waals surface area contributed by atoms with Crippen molar-refractivity contribution in [2.45, 2.75) is 110 Å². The van der Waals surface area contributed by atoms with Gasteiger partial charge in [-0.1, -0.05) is 45.2 Å². The summed E-state index contributed by atoms with van der Waals surface area (Å²) in [5.41, 5.74) is -0.0285. The number of rotatable bonds is 8. The highest BCUT2D eigenvalue weighted by atomic mass is 19.1. The Balaban J connectivity index is 1.50. The van der Waals surface area contributed by atoms with Gasteiger partial charge in [0.25, 0.3) is 0 Å². The molecule has 9 heteroatoms. The molecule has 1 saturated carbocycles. The van der Waals surface area contributed by atoms with E-state index in [1.54, 1.807) is 12.1 Å². The smallest absolute Gasteiger partial charge is 0.245 e. The fourth-order valence-electron chi connectivity index (χ4n) is 6.97. The van der Waals surface area contributed by atoms with Gasteiger partial charge < -0.3 is 26.2 Å². The molecule has 1 aromatic carbocycles. The van der Waals surface area contributed by atoms with Gasteiger partial charge in [-0.05, 0) is 76.0 Å². The third kappa shape index (κ3) is 8.10. The molecule has 1 unspecified atom stereocenters. The van der Waals surface area contributed by atoms with Crippen LogP contribution in [0.2, 0.25) is 0 Å². The predicted octanol–water partition coefficient (Wildman–Crippen LogP) is 3.54. The molecule has 8 nitrogen and oxygen atoms in total. The molecule has 3 fully saturated rings. The molecule has 0 spiro atoms. The average molecular weight is 586 g/mol. The summed E-state index contributed by atoms with van der Waals surface area (Å²) in [5.74, 6) is 0.0846. The number of hydrogen-bond donors (Lipinski definition) is 4. The molecule has 0 bridgehead atoms. The molecule has 3 aliphatic rings. The lowest BCUT2D eigenvalue weighted by Gasteiger charge is -2.48. The number of piperidine rings is 1. The zero-order valence-electron chi connectivity index (χ0n) is 26.2. The van der Waals surface area contributed by atoms with Gasteiger partial charge in [0.2, 0.25) is 17.7 Å². The van der Waals surface area contributed by atoms with Crippen LogP contribution < -0.4 is 21.3 Å². The number of benzene rings is 1. The average Bonchev–Trinajstić information content (AvgIpc) is 2.97. The lowest BCUT2D eigenvalue weighted by molar-refractivity contribution is -0.147. The monoisotopic (exact) mass is 585 g/mol. The first kappa shape index (κ1) is 32.4. The van der Waals surface area contributed by atoms with E-state index in [9.17, 15) is 18.8 Å². The molecule has 2 aliphatic heterocycles. The van der Waals surface area contributed by atoms with E-state index in [2.05, 4.69) is 35.1 Å². The van der Waals surface area contributed by atoms with Crippen molar-refractivity contribution < 1.29 is 18.8 Å². The highest BCUT2D eigenvalue weighted by Gasteiger charge is 2.49. The van der Waals surface area contributed by atoms with Crippen molar-refractivity contribution in [3.8, 4) is 0 Å². The molecule has 4 rings (SSSR count). The Morgan fingerprint density at radius 1 is 1.02 bits per heavy atom. The Morgan fingerprint density at radius 2 is 1.67 bits per heavy atom. The van der Waals surface area contributed by atoms with Crippen LogP contribution in [-0.4, -0.2) is 72.5 Å². The number of carbonyl (C=O) groups is 3. The third-order valence-corrected chi connectivity index (χ3v) is 9.51. The zero-order chi connectivity index (χ0) is 30.5. The van der Waals surface area contributed by atoms with Crippen LogP contribution in [0.5, 0.6) is 0 Å². The number of hydrogen-bond acceptors (Lipinski definition) is 5. The van der Waals surface area contributed by atoms with Gasteiger partial charge in [-0.15, -0.1) is 0 Å². The highest BCUT2D eigenvalue weighted by Crippen LogP contribution is 2.46. The van der Waals surface area contributed by atoms with Crippen LogP contribution in [0.4, 0.5) is 4.39 Å². The molecule has 1 aromatic rings. The number of halogens is 1. The Hall–Kier alpha value is -2.52. The molecule has 0 radical (unpaired) electrons. The molecule has 2 saturated heterocycles. The zero-order valence-corrected chi connectivity index (χ0v) is 26.2. The number of nitrogens with zero attached hydrogens (tertiary/aromatic N) is 1. The number of carbonyl (C=O) groups excluding carboxylic acids is 3. The Labute approximate surface area is 251 Å². The first-order valence-electron chi connectivity index (χ1n) is 16.0. The quantitative estimate of drug-likeness (QED) is 0.374. The van der Waals surface area contributed by atoms with E-state index in [-0.39, 0.29) is 41.5 Å². The standard InChI is InChI=1S/C33H52FN5O3/c1-22(2)27-20-35-21-28(36-27)29(40)37-26(19-23-11-13-25(34)14-12-23)30(41)39-17-15-33(16-18-39,24-9-7-6-8-10-24)31(42)38-32(3,4)5/h11-14,22,24,26-28,35-36H,6-10,15-21H2,1-5H3,(H,37,40)(H,38,42)/t26-,27?,28+/m1/s1. The number of likely N-dealkylation sites (tertiary alicyclic amines) is 1. The second-order valence-electron chi connectivity index (χ2n) is 14.1. The van der Waals surface area contributed by atoms with Crippen LogP contribution in [-0.2, 0) is 20.8 Å². The minimum absolute atomic E-state index is 0.112. The van der Waals surface area contributed by atoms with Gasteiger partial charge in [-0.25, -0.2) is 4.39 Å². The maximum Gasteiger partial charge on any atom is 0.245 e. The maximum atomic E-state index is 14.0. The van der Waals surface area contributed by atoms with Crippen molar-refractivity contribution in [2.24, 2.45) is 17.3 Å². The van der Waals surface area contributed by atoms with Crippen LogP contribution in [0.25, 0.3) is 0 Å². The summed E-state index contributed by atoms with van der Waals surface area (Å²) >= 11 is 0. The van der Waals surface area contributed by atoms with Crippen LogP contribution in [0.3, 0.4) is 0 Å². The van der Waals surface area contributed by atoms with E-state index < -0.39 is 17.5 Å². The van der Waals surface area contributed by atoms with E-state index >= 15 is 0 Å². The highest BCUT2D eigenvalue weighted by molar-refractivity contribution is 5.90. The number of amides is 3. The van der Waals surface area contributed by atoms with Crippen LogP contribution in [0.1, 0.15) is 85.1 Å². The summed E-state index contributed by atoms with van der Waals surface area (Å²) in [6.45, 7) is 12.5. The molecule has 3 amide bonds. The van der Waals surface area contributed by atoms with Crippen molar-refractivity contribution >= 4 is 17.7 Å². The summed E-state index contributed by atoms with van der Waals surface area (Å²) in [7, 11) is 0. The van der Waals surface area contributed by atoms with Crippen molar-refractivity contribution in [3.05, 3.63) is 35.6 Å². The van der Waals surface area contributed by atoms with E-state index in [0.29, 0.717) is 44.3 Å². The molecule has 1 aliphatic carbocycles. The Morgan fingerprint density at radius 3 is 2.26 bits per heavy atom. The normalized spacial score (nSPS) is 24.2. The van der Waals surface area contributed by atoms with Gasteiger partial charge in [0, 0.05) is 44.2 Å². The van der Waals surface area contributed by atoms with Crippen molar-refractivity contribution in [3.63, 3.8) is 0 Å². The summed E-state index contributed by atoms with van der Waals surface area (Å²) in [4.78, 5) is 43.1. The SMILES string of the molecule is CC(C)C1CNC[C@@H](C(=O)N[C@H](Cc2ccc(F)cc2)C(=O)N2CCC(C(=O)NC(C)(C)C)(C3CCCCC3)CC2)N1. The van der Waals surface area contributed by atoms with Crippen LogP contribution in [0.15, 0.2) is 24.3 Å². The molecule has 0 aromatic heterocycles. The Kier molecular flexibility index (Phi) is 10.7. The van der Waals surface area contributed by atoms with Gasteiger partial charge in [-0.2, -0.15) is 0 Å². The van der Waals surface area contributed by atoms with E-state index in [1.165, 1.54) is 18.6 Å². The van der Waals surface area contributed by atoms with E-state index in [4.69, 9.17) is 0 Å². The number of piperazine rings is 1. The fourth-order valence-corrected chi connectivity index (χ4v) is 6.97. The summed E-state index contributed by atoms with van der Waals surface area (Å²) in [6, 6.07) is 5.02. The van der Waals surface area contributed by atoms with Gasteiger partial charge >= 0.3 is 0 Å². The molecule has 234 valence electrons. The molecular weight excluding hydrogens is 533 g/mol. The molecule has 42 heavy (non-hydrogen) atoms.